The lowest BCUT2D eigenvalue weighted by Crippen LogP contribution is -2.36. The molecule has 3 N–H and O–H groups in total. The van der Waals surface area contributed by atoms with Crippen LogP contribution in [0.5, 0.6) is 0 Å². The van der Waals surface area contributed by atoms with Crippen molar-refractivity contribution < 1.29 is 9.59 Å². The van der Waals surface area contributed by atoms with Gasteiger partial charge in [0, 0.05) is 37.7 Å². The van der Waals surface area contributed by atoms with Gasteiger partial charge in [-0.2, -0.15) is 0 Å². The molecular formula is C20H32N4O2. The molecule has 1 fully saturated rings. The van der Waals surface area contributed by atoms with Gasteiger partial charge in [0.25, 0.3) is 0 Å². The van der Waals surface area contributed by atoms with Crippen LogP contribution in [0.2, 0.25) is 0 Å². The van der Waals surface area contributed by atoms with Crippen LogP contribution in [0.4, 0.5) is 5.69 Å². The molecule has 1 heterocycles. The van der Waals surface area contributed by atoms with Crippen molar-refractivity contribution in [3.63, 3.8) is 0 Å². The van der Waals surface area contributed by atoms with Crippen LogP contribution in [0.1, 0.15) is 63.5 Å². The lowest BCUT2D eigenvalue weighted by molar-refractivity contribution is -0.121. The summed E-state index contributed by atoms with van der Waals surface area (Å²) < 4.78 is 0. The van der Waals surface area contributed by atoms with E-state index in [1.165, 1.54) is 38.5 Å². The fourth-order valence-electron chi connectivity index (χ4n) is 3.22. The number of nitrogens with zero attached hydrogens (tertiary/aromatic N) is 1. The highest BCUT2D eigenvalue weighted by Gasteiger charge is 2.11. The summed E-state index contributed by atoms with van der Waals surface area (Å²) in [5.74, 6) is -0.0732. The Hall–Kier alpha value is -1.95. The molecule has 0 radical (unpaired) electrons. The molecular weight excluding hydrogens is 328 g/mol. The van der Waals surface area contributed by atoms with E-state index in [0.29, 0.717) is 37.5 Å². The van der Waals surface area contributed by atoms with Crippen molar-refractivity contribution >= 4 is 17.5 Å². The van der Waals surface area contributed by atoms with Crippen LogP contribution in [0.25, 0.3) is 0 Å². The molecule has 2 rings (SSSR count). The number of pyridine rings is 1. The Bertz CT molecular complexity index is 551. The standard InChI is InChI=1S/C20H32N4O2/c1-16-11-12-18(15-23-16)24-20(26)10-6-9-19(25)22-14-13-21-17-7-4-2-3-5-8-17/h11-12,15,17,21H,2-10,13-14H2,1H3,(H,22,25)(H,24,26). The maximum Gasteiger partial charge on any atom is 0.224 e. The van der Waals surface area contributed by atoms with Gasteiger partial charge in [-0.3, -0.25) is 14.6 Å². The third kappa shape index (κ3) is 8.43. The van der Waals surface area contributed by atoms with E-state index in [2.05, 4.69) is 20.9 Å². The molecule has 2 amide bonds. The number of anilines is 1. The number of aryl methyl sites for hydroxylation is 1. The molecule has 0 bridgehead atoms. The molecule has 6 heteroatoms. The van der Waals surface area contributed by atoms with E-state index in [1.54, 1.807) is 6.20 Å². The number of nitrogens with one attached hydrogen (secondary N) is 3. The Morgan fingerprint density at radius 2 is 1.77 bits per heavy atom. The number of hydrogen-bond donors (Lipinski definition) is 3. The average molecular weight is 361 g/mol. The van der Waals surface area contributed by atoms with Crippen LogP contribution in [0, 0.1) is 6.92 Å². The van der Waals surface area contributed by atoms with Crippen molar-refractivity contribution in [3.05, 3.63) is 24.0 Å². The highest BCUT2D eigenvalue weighted by molar-refractivity contribution is 5.90. The second-order valence-corrected chi connectivity index (χ2v) is 7.08. The minimum absolute atomic E-state index is 0.0115. The van der Waals surface area contributed by atoms with Crippen LogP contribution in [-0.2, 0) is 9.59 Å². The highest BCUT2D eigenvalue weighted by Crippen LogP contribution is 2.16. The molecule has 1 aromatic rings. The quantitative estimate of drug-likeness (QED) is 0.467. The first-order valence-electron chi connectivity index (χ1n) is 9.86. The van der Waals surface area contributed by atoms with Crippen molar-refractivity contribution in [3.8, 4) is 0 Å². The number of hydrogen-bond acceptors (Lipinski definition) is 4. The van der Waals surface area contributed by atoms with Gasteiger partial charge in [0.1, 0.15) is 0 Å². The normalized spacial score (nSPS) is 15.3. The summed E-state index contributed by atoms with van der Waals surface area (Å²) in [6.07, 6.45) is 10.7. The van der Waals surface area contributed by atoms with Gasteiger partial charge in [-0.15, -0.1) is 0 Å². The summed E-state index contributed by atoms with van der Waals surface area (Å²) >= 11 is 0. The Kier molecular flexibility index (Phi) is 9.10. The lowest BCUT2D eigenvalue weighted by Gasteiger charge is -2.16. The minimum Gasteiger partial charge on any atom is -0.355 e. The van der Waals surface area contributed by atoms with E-state index in [0.717, 1.165) is 12.2 Å². The van der Waals surface area contributed by atoms with Crippen molar-refractivity contribution in [2.24, 2.45) is 0 Å². The molecule has 1 aliphatic carbocycles. The Balaban J connectivity index is 1.50. The summed E-state index contributed by atoms with van der Waals surface area (Å²) in [7, 11) is 0. The Morgan fingerprint density at radius 1 is 1.04 bits per heavy atom. The predicted octanol–water partition coefficient (Wildman–Crippen LogP) is 2.93. The molecule has 144 valence electrons. The predicted molar refractivity (Wildman–Crippen MR) is 104 cm³/mol. The molecule has 0 aliphatic heterocycles. The molecule has 6 nitrogen and oxygen atoms in total. The molecule has 0 spiro atoms. The number of aromatic nitrogens is 1. The Labute approximate surface area is 156 Å². The van der Waals surface area contributed by atoms with Gasteiger partial charge in [-0.05, 0) is 38.3 Å². The van der Waals surface area contributed by atoms with Gasteiger partial charge in [0.05, 0.1) is 11.9 Å². The van der Waals surface area contributed by atoms with E-state index >= 15 is 0 Å². The molecule has 0 saturated heterocycles. The molecule has 26 heavy (non-hydrogen) atoms. The van der Waals surface area contributed by atoms with Crippen molar-refractivity contribution in [1.82, 2.24) is 15.6 Å². The van der Waals surface area contributed by atoms with Gasteiger partial charge in [0.2, 0.25) is 11.8 Å². The second kappa shape index (κ2) is 11.6. The number of rotatable bonds is 9. The molecule has 1 aromatic heterocycles. The van der Waals surface area contributed by atoms with Crippen LogP contribution in [0.15, 0.2) is 18.3 Å². The van der Waals surface area contributed by atoms with Crippen LogP contribution >= 0.6 is 0 Å². The van der Waals surface area contributed by atoms with Gasteiger partial charge >= 0.3 is 0 Å². The maximum absolute atomic E-state index is 11.9. The summed E-state index contributed by atoms with van der Waals surface area (Å²) in [6.45, 7) is 3.37. The van der Waals surface area contributed by atoms with Gasteiger partial charge < -0.3 is 16.0 Å². The fraction of sp³-hybridized carbons (Fsp3) is 0.650. The van der Waals surface area contributed by atoms with Crippen molar-refractivity contribution in [1.29, 1.82) is 0 Å². The molecule has 0 atom stereocenters. The SMILES string of the molecule is Cc1ccc(NC(=O)CCCC(=O)NCCNC2CCCCCC2)cn1. The topological polar surface area (TPSA) is 83.1 Å². The van der Waals surface area contributed by atoms with Crippen molar-refractivity contribution in [2.75, 3.05) is 18.4 Å². The number of carbonyl (C=O) groups is 2. The Morgan fingerprint density at radius 3 is 2.46 bits per heavy atom. The number of amides is 2. The first-order chi connectivity index (χ1) is 12.6. The zero-order chi connectivity index (χ0) is 18.6. The van der Waals surface area contributed by atoms with Crippen molar-refractivity contribution in [2.45, 2.75) is 70.8 Å². The number of carbonyl (C=O) groups excluding carboxylic acids is 2. The second-order valence-electron chi connectivity index (χ2n) is 7.08. The first kappa shape index (κ1) is 20.4. The monoisotopic (exact) mass is 360 g/mol. The third-order valence-electron chi connectivity index (χ3n) is 4.74. The summed E-state index contributed by atoms with van der Waals surface area (Å²) in [4.78, 5) is 27.8. The maximum atomic E-state index is 11.9. The largest absolute Gasteiger partial charge is 0.355 e. The first-order valence-corrected chi connectivity index (χ1v) is 9.86. The van der Waals surface area contributed by atoms with Gasteiger partial charge in [-0.25, -0.2) is 0 Å². The minimum atomic E-state index is -0.0847. The van der Waals surface area contributed by atoms with E-state index in [1.807, 2.05) is 19.1 Å². The van der Waals surface area contributed by atoms with E-state index < -0.39 is 0 Å². The van der Waals surface area contributed by atoms with E-state index in [-0.39, 0.29) is 11.8 Å². The van der Waals surface area contributed by atoms with Gasteiger partial charge in [-0.1, -0.05) is 25.7 Å². The smallest absolute Gasteiger partial charge is 0.224 e. The summed E-state index contributed by atoms with van der Waals surface area (Å²) in [5.41, 5.74) is 1.60. The average Bonchev–Trinajstić information content (AvgIpc) is 2.89. The van der Waals surface area contributed by atoms with E-state index in [9.17, 15) is 9.59 Å². The summed E-state index contributed by atoms with van der Waals surface area (Å²) in [5, 5.41) is 9.26. The van der Waals surface area contributed by atoms with E-state index in [4.69, 9.17) is 0 Å². The molecule has 0 unspecified atom stereocenters. The summed E-state index contributed by atoms with van der Waals surface area (Å²) in [6, 6.07) is 4.29. The zero-order valence-electron chi connectivity index (χ0n) is 15.9. The molecule has 1 saturated carbocycles. The van der Waals surface area contributed by atoms with Crippen LogP contribution in [0.3, 0.4) is 0 Å². The lowest BCUT2D eigenvalue weighted by atomic mass is 10.1. The molecule has 1 aliphatic rings. The third-order valence-corrected chi connectivity index (χ3v) is 4.74. The van der Waals surface area contributed by atoms with Gasteiger partial charge in [0.15, 0.2) is 0 Å². The highest BCUT2D eigenvalue weighted by atomic mass is 16.2. The van der Waals surface area contributed by atoms with Crippen LogP contribution in [-0.4, -0.2) is 35.9 Å². The zero-order valence-corrected chi connectivity index (χ0v) is 15.9. The fourth-order valence-corrected chi connectivity index (χ4v) is 3.22. The molecule has 0 aromatic carbocycles. The van der Waals surface area contributed by atoms with Crippen LogP contribution < -0.4 is 16.0 Å².